The highest BCUT2D eigenvalue weighted by atomic mass is 32.1. The molecular weight excluding hydrogens is 246 g/mol. The zero-order chi connectivity index (χ0) is 13.5. The molecule has 0 aromatic carbocycles. The maximum atomic E-state index is 11.9. The number of amides is 1. The lowest BCUT2D eigenvalue weighted by Crippen LogP contribution is -2.41. The minimum atomic E-state index is 0.0130. The van der Waals surface area contributed by atoms with E-state index in [1.165, 1.54) is 0 Å². The zero-order valence-corrected chi connectivity index (χ0v) is 12.2. The summed E-state index contributed by atoms with van der Waals surface area (Å²) in [6.45, 7) is 6.81. The lowest BCUT2D eigenvalue weighted by molar-refractivity contribution is -0.121. The van der Waals surface area contributed by atoms with Crippen molar-refractivity contribution in [1.82, 2.24) is 10.3 Å². The minimum Gasteiger partial charge on any atom is -0.352 e. The third kappa shape index (κ3) is 5.14. The van der Waals surface area contributed by atoms with E-state index in [1.807, 2.05) is 5.38 Å². The van der Waals surface area contributed by atoms with Crippen LogP contribution in [0.5, 0.6) is 0 Å². The van der Waals surface area contributed by atoms with E-state index in [0.29, 0.717) is 18.9 Å². The quantitative estimate of drug-likeness (QED) is 0.792. The van der Waals surface area contributed by atoms with Gasteiger partial charge < -0.3 is 11.1 Å². The Kier molecular flexibility index (Phi) is 6.29. The van der Waals surface area contributed by atoms with Crippen molar-refractivity contribution in [1.29, 1.82) is 0 Å². The maximum Gasteiger partial charge on any atom is 0.226 e. The van der Waals surface area contributed by atoms with Gasteiger partial charge in [-0.15, -0.1) is 11.3 Å². The van der Waals surface area contributed by atoms with Crippen LogP contribution in [0.4, 0.5) is 0 Å². The Morgan fingerprint density at radius 2 is 2.28 bits per heavy atom. The normalized spacial score (nSPS) is 12.7. The topological polar surface area (TPSA) is 68.0 Å². The number of hydrogen-bond acceptors (Lipinski definition) is 4. The summed E-state index contributed by atoms with van der Waals surface area (Å²) >= 11 is 1.61. The molecule has 5 heteroatoms. The van der Waals surface area contributed by atoms with Crippen molar-refractivity contribution in [3.63, 3.8) is 0 Å². The van der Waals surface area contributed by atoms with E-state index in [1.54, 1.807) is 11.3 Å². The van der Waals surface area contributed by atoms with E-state index in [0.717, 1.165) is 23.5 Å². The molecule has 1 amide bonds. The molecule has 0 bridgehead atoms. The Morgan fingerprint density at radius 3 is 2.78 bits per heavy atom. The van der Waals surface area contributed by atoms with E-state index >= 15 is 0 Å². The molecule has 1 rings (SSSR count). The maximum absolute atomic E-state index is 11.9. The monoisotopic (exact) mass is 269 g/mol. The highest BCUT2D eigenvalue weighted by Crippen LogP contribution is 2.11. The first-order chi connectivity index (χ1) is 8.55. The van der Waals surface area contributed by atoms with Crippen molar-refractivity contribution in [2.45, 2.75) is 46.1 Å². The number of aromatic nitrogens is 1. The first-order valence-corrected chi connectivity index (χ1v) is 7.35. The fourth-order valence-electron chi connectivity index (χ4n) is 1.82. The third-order valence-electron chi connectivity index (χ3n) is 2.65. The average Bonchev–Trinajstić information content (AvgIpc) is 2.75. The molecule has 1 aromatic rings. The highest BCUT2D eigenvalue weighted by Gasteiger charge is 2.13. The highest BCUT2D eigenvalue weighted by molar-refractivity contribution is 7.09. The van der Waals surface area contributed by atoms with Crippen molar-refractivity contribution >= 4 is 17.2 Å². The van der Waals surface area contributed by atoms with Gasteiger partial charge in [0.1, 0.15) is 0 Å². The van der Waals surface area contributed by atoms with Gasteiger partial charge in [0, 0.05) is 18.0 Å². The van der Waals surface area contributed by atoms with Crippen molar-refractivity contribution in [2.75, 3.05) is 6.54 Å². The van der Waals surface area contributed by atoms with Crippen molar-refractivity contribution < 1.29 is 4.79 Å². The summed E-state index contributed by atoms with van der Waals surface area (Å²) < 4.78 is 0. The molecule has 4 nitrogen and oxygen atoms in total. The van der Waals surface area contributed by atoms with Crippen molar-refractivity contribution in [3.8, 4) is 0 Å². The molecule has 1 aromatic heterocycles. The van der Waals surface area contributed by atoms with Crippen LogP contribution in [0.3, 0.4) is 0 Å². The number of carbonyl (C=O) groups is 1. The standard InChI is InChI=1S/C13H23N3OS/c1-4-13-16-11(8-18-13)6-12(17)15-10(7-14)5-9(2)3/h8-10H,4-7,14H2,1-3H3,(H,15,17). The summed E-state index contributed by atoms with van der Waals surface area (Å²) in [5.41, 5.74) is 6.52. The van der Waals surface area contributed by atoms with E-state index < -0.39 is 0 Å². The minimum absolute atomic E-state index is 0.0130. The van der Waals surface area contributed by atoms with Gasteiger partial charge in [0.05, 0.1) is 17.1 Å². The second kappa shape index (κ2) is 7.48. The molecule has 18 heavy (non-hydrogen) atoms. The molecule has 0 aliphatic rings. The van der Waals surface area contributed by atoms with Gasteiger partial charge in [-0.3, -0.25) is 4.79 Å². The van der Waals surface area contributed by atoms with Crippen LogP contribution in [0.15, 0.2) is 5.38 Å². The van der Waals surface area contributed by atoms with E-state index in [-0.39, 0.29) is 11.9 Å². The molecule has 0 fully saturated rings. The number of nitrogens with two attached hydrogens (primary N) is 1. The summed E-state index contributed by atoms with van der Waals surface area (Å²) in [6, 6.07) is 0.0711. The number of carbonyl (C=O) groups excluding carboxylic acids is 1. The van der Waals surface area contributed by atoms with Gasteiger partial charge in [-0.2, -0.15) is 0 Å². The Bertz CT molecular complexity index is 376. The first-order valence-electron chi connectivity index (χ1n) is 6.47. The van der Waals surface area contributed by atoms with Gasteiger partial charge in [0.15, 0.2) is 0 Å². The Balaban J connectivity index is 2.44. The summed E-state index contributed by atoms with van der Waals surface area (Å²) in [5, 5.41) is 6.01. The number of nitrogens with zero attached hydrogens (tertiary/aromatic N) is 1. The molecule has 0 aliphatic carbocycles. The number of rotatable bonds is 7. The van der Waals surface area contributed by atoms with Crippen LogP contribution in [0.1, 0.15) is 37.9 Å². The summed E-state index contributed by atoms with van der Waals surface area (Å²) in [7, 11) is 0. The largest absolute Gasteiger partial charge is 0.352 e. The predicted molar refractivity (Wildman–Crippen MR) is 75.6 cm³/mol. The fraction of sp³-hybridized carbons (Fsp3) is 0.692. The van der Waals surface area contributed by atoms with Crippen LogP contribution in [-0.4, -0.2) is 23.5 Å². The molecule has 1 unspecified atom stereocenters. The van der Waals surface area contributed by atoms with Crippen LogP contribution in [-0.2, 0) is 17.6 Å². The molecule has 0 spiro atoms. The Labute approximate surface area is 113 Å². The number of aryl methyl sites for hydroxylation is 1. The molecular formula is C13H23N3OS. The summed E-state index contributed by atoms with van der Waals surface area (Å²) in [4.78, 5) is 16.2. The molecule has 1 atom stereocenters. The van der Waals surface area contributed by atoms with Crippen LogP contribution in [0, 0.1) is 5.92 Å². The van der Waals surface area contributed by atoms with E-state index in [4.69, 9.17) is 5.73 Å². The fourth-order valence-corrected chi connectivity index (χ4v) is 2.56. The van der Waals surface area contributed by atoms with Crippen LogP contribution < -0.4 is 11.1 Å². The van der Waals surface area contributed by atoms with Gasteiger partial charge >= 0.3 is 0 Å². The van der Waals surface area contributed by atoms with Gasteiger partial charge in [-0.05, 0) is 18.8 Å². The van der Waals surface area contributed by atoms with Gasteiger partial charge in [0.25, 0.3) is 0 Å². The molecule has 0 aliphatic heterocycles. The molecule has 0 saturated heterocycles. The molecule has 0 saturated carbocycles. The third-order valence-corrected chi connectivity index (χ3v) is 3.69. The summed E-state index contributed by atoms with van der Waals surface area (Å²) in [5.74, 6) is 0.545. The van der Waals surface area contributed by atoms with Crippen molar-refractivity contribution in [3.05, 3.63) is 16.1 Å². The van der Waals surface area contributed by atoms with Crippen molar-refractivity contribution in [2.24, 2.45) is 11.7 Å². The average molecular weight is 269 g/mol. The van der Waals surface area contributed by atoms with Gasteiger partial charge in [-0.1, -0.05) is 20.8 Å². The van der Waals surface area contributed by atoms with E-state index in [9.17, 15) is 4.79 Å². The lowest BCUT2D eigenvalue weighted by atomic mass is 10.0. The predicted octanol–water partition coefficient (Wildman–Crippen LogP) is 1.74. The SMILES string of the molecule is CCc1nc(CC(=O)NC(CN)CC(C)C)cs1. The first kappa shape index (κ1) is 15.1. The number of hydrogen-bond donors (Lipinski definition) is 2. The molecule has 3 N–H and O–H groups in total. The lowest BCUT2D eigenvalue weighted by Gasteiger charge is -2.18. The second-order valence-corrected chi connectivity index (χ2v) is 5.84. The zero-order valence-electron chi connectivity index (χ0n) is 11.4. The van der Waals surface area contributed by atoms with Crippen LogP contribution >= 0.6 is 11.3 Å². The van der Waals surface area contributed by atoms with Crippen LogP contribution in [0.2, 0.25) is 0 Å². The molecule has 1 heterocycles. The Morgan fingerprint density at radius 1 is 1.56 bits per heavy atom. The second-order valence-electron chi connectivity index (χ2n) is 4.89. The number of thiazole rings is 1. The molecule has 102 valence electrons. The van der Waals surface area contributed by atoms with Crippen LogP contribution in [0.25, 0.3) is 0 Å². The smallest absolute Gasteiger partial charge is 0.226 e. The molecule has 0 radical (unpaired) electrons. The Hall–Kier alpha value is -0.940. The van der Waals surface area contributed by atoms with E-state index in [2.05, 4.69) is 31.1 Å². The summed E-state index contributed by atoms with van der Waals surface area (Å²) in [6.07, 6.45) is 2.19. The van der Waals surface area contributed by atoms with Gasteiger partial charge in [-0.25, -0.2) is 4.98 Å². The van der Waals surface area contributed by atoms with Gasteiger partial charge in [0.2, 0.25) is 5.91 Å². The number of nitrogens with one attached hydrogen (secondary N) is 1.